The van der Waals surface area contributed by atoms with Crippen molar-refractivity contribution in [1.82, 2.24) is 10.6 Å². The Morgan fingerprint density at radius 3 is 2.59 bits per heavy atom. The van der Waals surface area contributed by atoms with E-state index < -0.39 is 46.3 Å². The van der Waals surface area contributed by atoms with Crippen molar-refractivity contribution in [3.05, 3.63) is 29.8 Å². The lowest BCUT2D eigenvalue weighted by atomic mass is 10.2. The van der Waals surface area contributed by atoms with Gasteiger partial charge in [0.25, 0.3) is 11.8 Å². The summed E-state index contributed by atoms with van der Waals surface area (Å²) in [6.45, 7) is 0.949. The van der Waals surface area contributed by atoms with Gasteiger partial charge in [-0.05, 0) is 25.5 Å². The summed E-state index contributed by atoms with van der Waals surface area (Å²) in [4.78, 5) is 36.0. The SMILES string of the molecule is COc1ccccc1C(=O)NCC(=O)O[C@@H](C)C(=O)N[C@H]1CCS(=O)(=O)C1. The van der Waals surface area contributed by atoms with Crippen LogP contribution in [0.5, 0.6) is 5.75 Å². The minimum Gasteiger partial charge on any atom is -0.496 e. The molecule has 1 aliphatic rings. The molecule has 0 spiro atoms. The molecule has 1 aromatic carbocycles. The molecule has 0 unspecified atom stereocenters. The minimum atomic E-state index is -3.12. The Labute approximate surface area is 157 Å². The fourth-order valence-corrected chi connectivity index (χ4v) is 4.27. The number of benzene rings is 1. The molecule has 1 fully saturated rings. The molecule has 0 bridgehead atoms. The molecule has 2 rings (SSSR count). The summed E-state index contributed by atoms with van der Waals surface area (Å²) in [5.41, 5.74) is 0.265. The first-order valence-electron chi connectivity index (χ1n) is 8.33. The maximum absolute atomic E-state index is 12.1. The number of ether oxygens (including phenoxy) is 2. The average molecular weight is 398 g/mol. The molecule has 0 saturated carbocycles. The highest BCUT2D eigenvalue weighted by molar-refractivity contribution is 7.91. The van der Waals surface area contributed by atoms with Gasteiger partial charge in [-0.2, -0.15) is 0 Å². The summed E-state index contributed by atoms with van der Waals surface area (Å²) in [7, 11) is -1.69. The first-order valence-corrected chi connectivity index (χ1v) is 10.2. The molecular formula is C17H22N2O7S. The van der Waals surface area contributed by atoms with Gasteiger partial charge in [-0.25, -0.2) is 8.42 Å². The summed E-state index contributed by atoms with van der Waals surface area (Å²) < 4.78 is 32.8. The van der Waals surface area contributed by atoms with E-state index >= 15 is 0 Å². The van der Waals surface area contributed by atoms with Gasteiger partial charge >= 0.3 is 5.97 Å². The van der Waals surface area contributed by atoms with Gasteiger partial charge in [0.1, 0.15) is 12.3 Å². The van der Waals surface area contributed by atoms with Gasteiger partial charge in [-0.3, -0.25) is 14.4 Å². The molecule has 1 aliphatic heterocycles. The van der Waals surface area contributed by atoms with Crippen molar-refractivity contribution >= 4 is 27.6 Å². The van der Waals surface area contributed by atoms with Crippen molar-refractivity contribution in [2.45, 2.75) is 25.5 Å². The van der Waals surface area contributed by atoms with Gasteiger partial charge in [0.2, 0.25) is 0 Å². The molecule has 0 aromatic heterocycles. The van der Waals surface area contributed by atoms with Crippen molar-refractivity contribution in [3.63, 3.8) is 0 Å². The molecule has 2 N–H and O–H groups in total. The number of methoxy groups -OCH3 is 1. The number of hydrogen-bond acceptors (Lipinski definition) is 7. The molecule has 9 nitrogen and oxygen atoms in total. The lowest BCUT2D eigenvalue weighted by Gasteiger charge is -2.16. The van der Waals surface area contributed by atoms with Crippen LogP contribution in [0.3, 0.4) is 0 Å². The Hall–Kier alpha value is -2.62. The topological polar surface area (TPSA) is 128 Å². The number of nitrogens with one attached hydrogen (secondary N) is 2. The van der Waals surface area contributed by atoms with Crippen molar-refractivity contribution in [3.8, 4) is 5.75 Å². The van der Waals surface area contributed by atoms with Gasteiger partial charge in [0.15, 0.2) is 15.9 Å². The molecule has 0 radical (unpaired) electrons. The highest BCUT2D eigenvalue weighted by atomic mass is 32.2. The summed E-state index contributed by atoms with van der Waals surface area (Å²) in [6, 6.07) is 6.05. The van der Waals surface area contributed by atoms with Gasteiger partial charge in [-0.1, -0.05) is 12.1 Å². The number of carbonyl (C=O) groups is 3. The van der Waals surface area contributed by atoms with E-state index in [-0.39, 0.29) is 17.1 Å². The van der Waals surface area contributed by atoms with Crippen molar-refractivity contribution in [2.24, 2.45) is 0 Å². The first-order chi connectivity index (χ1) is 12.7. The van der Waals surface area contributed by atoms with Gasteiger partial charge in [0, 0.05) is 6.04 Å². The zero-order valence-electron chi connectivity index (χ0n) is 15.1. The van der Waals surface area contributed by atoms with Crippen LogP contribution in [0.2, 0.25) is 0 Å². The lowest BCUT2D eigenvalue weighted by Crippen LogP contribution is -2.43. The van der Waals surface area contributed by atoms with Gasteiger partial charge in [-0.15, -0.1) is 0 Å². The molecule has 148 valence electrons. The molecule has 27 heavy (non-hydrogen) atoms. The van der Waals surface area contributed by atoms with Crippen molar-refractivity contribution in [1.29, 1.82) is 0 Å². The zero-order valence-corrected chi connectivity index (χ0v) is 15.9. The second-order valence-electron chi connectivity index (χ2n) is 6.12. The van der Waals surface area contributed by atoms with E-state index in [1.54, 1.807) is 24.3 Å². The third kappa shape index (κ3) is 5.95. The monoisotopic (exact) mass is 398 g/mol. The molecule has 1 aromatic rings. The van der Waals surface area contributed by atoms with Crippen LogP contribution >= 0.6 is 0 Å². The van der Waals surface area contributed by atoms with Crippen molar-refractivity contribution < 1.29 is 32.3 Å². The maximum Gasteiger partial charge on any atom is 0.326 e. The number of hydrogen-bond donors (Lipinski definition) is 2. The molecule has 0 aliphatic carbocycles. The quantitative estimate of drug-likeness (QED) is 0.601. The molecule has 2 atom stereocenters. The third-order valence-corrected chi connectivity index (χ3v) is 5.77. The highest BCUT2D eigenvalue weighted by Crippen LogP contribution is 2.16. The predicted molar refractivity (Wildman–Crippen MR) is 96.1 cm³/mol. The van der Waals surface area contributed by atoms with Crippen LogP contribution in [0, 0.1) is 0 Å². The molecule has 1 heterocycles. The Morgan fingerprint density at radius 1 is 1.26 bits per heavy atom. The third-order valence-electron chi connectivity index (χ3n) is 4.00. The molecular weight excluding hydrogens is 376 g/mol. The number of carbonyl (C=O) groups excluding carboxylic acids is 3. The van der Waals surface area contributed by atoms with E-state index in [2.05, 4.69) is 10.6 Å². The lowest BCUT2D eigenvalue weighted by molar-refractivity contribution is -0.154. The van der Waals surface area contributed by atoms with Gasteiger partial charge in [0.05, 0.1) is 24.2 Å². The fraction of sp³-hybridized carbons (Fsp3) is 0.471. The summed E-state index contributed by atoms with van der Waals surface area (Å²) in [6.07, 6.45) is -0.770. The van der Waals surface area contributed by atoms with Crippen LogP contribution in [0.25, 0.3) is 0 Å². The normalized spacial score (nSPS) is 19.0. The van der Waals surface area contributed by atoms with E-state index in [9.17, 15) is 22.8 Å². The van der Waals surface area contributed by atoms with E-state index in [1.165, 1.54) is 14.0 Å². The molecule has 10 heteroatoms. The van der Waals surface area contributed by atoms with Gasteiger partial charge < -0.3 is 20.1 Å². The minimum absolute atomic E-state index is 0.0289. The van der Waals surface area contributed by atoms with E-state index in [0.717, 1.165) is 0 Å². The van der Waals surface area contributed by atoms with Crippen LogP contribution in [0.1, 0.15) is 23.7 Å². The molecule has 2 amide bonds. The number of sulfone groups is 1. The van der Waals surface area contributed by atoms with E-state index in [0.29, 0.717) is 12.2 Å². The Morgan fingerprint density at radius 2 is 1.96 bits per heavy atom. The average Bonchev–Trinajstić information content (AvgIpc) is 2.97. The van der Waals surface area contributed by atoms with Crippen LogP contribution in [0.15, 0.2) is 24.3 Å². The summed E-state index contributed by atoms with van der Waals surface area (Å²) >= 11 is 0. The number of rotatable bonds is 7. The second kappa shape index (κ2) is 8.85. The van der Waals surface area contributed by atoms with Crippen LogP contribution in [-0.4, -0.2) is 63.5 Å². The summed E-state index contributed by atoms with van der Waals surface area (Å²) in [5.74, 6) is -1.61. The van der Waals surface area contributed by atoms with Crippen LogP contribution in [-0.2, 0) is 24.2 Å². The maximum atomic E-state index is 12.1. The Kier molecular flexibility index (Phi) is 6.78. The first kappa shape index (κ1) is 20.7. The Balaban J connectivity index is 1.79. The van der Waals surface area contributed by atoms with Crippen molar-refractivity contribution in [2.75, 3.05) is 25.2 Å². The summed E-state index contributed by atoms with van der Waals surface area (Å²) in [5, 5.41) is 4.94. The van der Waals surface area contributed by atoms with Crippen LogP contribution < -0.4 is 15.4 Å². The standard InChI is InChI=1S/C17H22N2O7S/c1-11(16(21)19-12-7-8-27(23,24)10-12)26-15(20)9-18-17(22)13-5-3-4-6-14(13)25-2/h3-6,11-12H,7-10H2,1-2H3,(H,18,22)(H,19,21)/t11-,12-/m0/s1. The predicted octanol–water partition coefficient (Wildman–Crippen LogP) is -0.340. The fourth-order valence-electron chi connectivity index (χ4n) is 2.60. The number of esters is 1. The largest absolute Gasteiger partial charge is 0.496 e. The van der Waals surface area contributed by atoms with E-state index in [1.807, 2.05) is 0 Å². The zero-order chi connectivity index (χ0) is 20.0. The van der Waals surface area contributed by atoms with Crippen LogP contribution in [0.4, 0.5) is 0 Å². The second-order valence-corrected chi connectivity index (χ2v) is 8.35. The Bertz CT molecular complexity index is 822. The molecule has 1 saturated heterocycles. The number of para-hydroxylation sites is 1. The number of amides is 2. The highest BCUT2D eigenvalue weighted by Gasteiger charge is 2.30. The smallest absolute Gasteiger partial charge is 0.326 e. The van der Waals surface area contributed by atoms with E-state index in [4.69, 9.17) is 9.47 Å².